The summed E-state index contributed by atoms with van der Waals surface area (Å²) in [5, 5.41) is 21.2. The van der Waals surface area contributed by atoms with Crippen molar-refractivity contribution in [1.82, 2.24) is 0 Å². The largest absolute Gasteiger partial charge is 0.481 e. The average molecular weight is 344 g/mol. The van der Waals surface area contributed by atoms with Gasteiger partial charge in [-0.25, -0.2) is 0 Å². The number of hydrogen-bond donors (Lipinski definition) is 2. The first-order chi connectivity index (χ1) is 11.0. The van der Waals surface area contributed by atoms with Crippen molar-refractivity contribution < 1.29 is 38.7 Å². The fraction of sp³-hybridized carbons (Fsp3) is 0.812. The zero-order valence-corrected chi connectivity index (χ0v) is 14.3. The molecule has 3 rings (SSSR count). The van der Waals surface area contributed by atoms with Gasteiger partial charge in [-0.3, -0.25) is 4.79 Å². The number of carboxylic acid groups (broad SMARTS) is 1. The number of rotatable bonds is 3. The maximum atomic E-state index is 11.8. The Morgan fingerprint density at radius 3 is 2.38 bits per heavy atom. The Morgan fingerprint density at radius 2 is 1.88 bits per heavy atom. The van der Waals surface area contributed by atoms with Gasteiger partial charge in [-0.2, -0.15) is 0 Å². The second-order valence-corrected chi connectivity index (χ2v) is 7.33. The minimum absolute atomic E-state index is 0.0827. The Labute approximate surface area is 140 Å². The van der Waals surface area contributed by atoms with Gasteiger partial charge in [-0.05, 0) is 27.7 Å². The predicted molar refractivity (Wildman–Crippen MR) is 79.9 cm³/mol. The summed E-state index contributed by atoms with van der Waals surface area (Å²) in [6, 6.07) is 0. The average Bonchev–Trinajstić information content (AvgIpc) is 2.93. The molecule has 2 N–H and O–H groups in total. The molecule has 0 amide bonds. The normalized spacial score (nSPS) is 44.2. The molecule has 136 valence electrons. The molecule has 3 heterocycles. The van der Waals surface area contributed by atoms with Gasteiger partial charge in [-0.15, -0.1) is 6.58 Å². The number of fused-ring (bicyclic) bond motifs is 1. The molecule has 2 unspecified atom stereocenters. The van der Waals surface area contributed by atoms with Gasteiger partial charge in [0, 0.05) is 0 Å². The summed E-state index contributed by atoms with van der Waals surface area (Å²) in [7, 11) is 0. The van der Waals surface area contributed by atoms with E-state index in [1.165, 1.54) is 0 Å². The fourth-order valence-corrected chi connectivity index (χ4v) is 3.76. The van der Waals surface area contributed by atoms with Crippen LogP contribution in [-0.2, 0) is 28.5 Å². The van der Waals surface area contributed by atoms with Crippen molar-refractivity contribution >= 4 is 5.97 Å². The van der Waals surface area contributed by atoms with Gasteiger partial charge in [-0.1, -0.05) is 6.08 Å². The fourth-order valence-electron chi connectivity index (χ4n) is 3.76. The van der Waals surface area contributed by atoms with Crippen LogP contribution in [-0.4, -0.2) is 64.6 Å². The molecular weight excluding hydrogens is 320 g/mol. The first kappa shape index (κ1) is 17.8. The molecule has 0 aromatic rings. The van der Waals surface area contributed by atoms with Crippen molar-refractivity contribution in [3.05, 3.63) is 12.7 Å². The zero-order chi connectivity index (χ0) is 18.0. The first-order valence-corrected chi connectivity index (χ1v) is 7.88. The van der Waals surface area contributed by atoms with E-state index in [-0.39, 0.29) is 13.2 Å². The van der Waals surface area contributed by atoms with E-state index in [9.17, 15) is 15.0 Å². The summed E-state index contributed by atoms with van der Waals surface area (Å²) < 4.78 is 28.8. The van der Waals surface area contributed by atoms with E-state index in [2.05, 4.69) is 6.58 Å². The van der Waals surface area contributed by atoms with Crippen molar-refractivity contribution in [3.63, 3.8) is 0 Å². The molecule has 0 radical (unpaired) electrons. The van der Waals surface area contributed by atoms with Crippen molar-refractivity contribution in [1.29, 1.82) is 0 Å². The Hall–Kier alpha value is -1.03. The molecule has 5 atom stereocenters. The molecule has 3 aliphatic heterocycles. The van der Waals surface area contributed by atoms with Crippen LogP contribution < -0.4 is 0 Å². The smallest absolute Gasteiger partial charge is 0.313 e. The van der Waals surface area contributed by atoms with Gasteiger partial charge < -0.3 is 33.9 Å². The van der Waals surface area contributed by atoms with Crippen LogP contribution in [0.4, 0.5) is 0 Å². The monoisotopic (exact) mass is 344 g/mol. The highest BCUT2D eigenvalue weighted by Gasteiger charge is 2.73. The minimum Gasteiger partial charge on any atom is -0.481 e. The number of carboxylic acids is 1. The summed E-state index contributed by atoms with van der Waals surface area (Å²) in [6.45, 7) is 10.2. The number of aliphatic carboxylic acids is 1. The Kier molecular flexibility index (Phi) is 3.88. The van der Waals surface area contributed by atoms with E-state index >= 15 is 0 Å². The minimum atomic E-state index is -2.08. The summed E-state index contributed by atoms with van der Waals surface area (Å²) in [4.78, 5) is 11.8. The number of ether oxygens (including phenoxy) is 5. The van der Waals surface area contributed by atoms with Crippen LogP contribution in [0.1, 0.15) is 27.7 Å². The van der Waals surface area contributed by atoms with Crippen molar-refractivity contribution in [2.24, 2.45) is 5.92 Å². The van der Waals surface area contributed by atoms with Crippen LogP contribution in [0, 0.1) is 5.92 Å². The molecule has 0 aromatic heterocycles. The van der Waals surface area contributed by atoms with Crippen molar-refractivity contribution in [2.45, 2.75) is 62.9 Å². The summed E-state index contributed by atoms with van der Waals surface area (Å²) >= 11 is 0. The summed E-state index contributed by atoms with van der Waals surface area (Å²) in [5.41, 5.74) is -2.08. The molecule has 1 spiro atoms. The standard InChI is InChI=1S/C16H24O8/c1-6-9(12(17)18)16(19)11-10(22-14(4,5)23-11)7-20-15(16)8-21-13(2,3)24-15/h6,9-11,19H,1,7-8H2,2-5H3,(H,17,18)/t9?,10-,11-,15+,16?/m1/s1. The first-order valence-electron chi connectivity index (χ1n) is 7.88. The van der Waals surface area contributed by atoms with Crippen LogP contribution >= 0.6 is 0 Å². The van der Waals surface area contributed by atoms with Gasteiger partial charge in [0.2, 0.25) is 5.79 Å². The summed E-state index contributed by atoms with van der Waals surface area (Å²) in [5.74, 6) is -6.39. The van der Waals surface area contributed by atoms with Gasteiger partial charge in [0.15, 0.2) is 17.2 Å². The highest BCUT2D eigenvalue weighted by atomic mass is 16.9. The summed E-state index contributed by atoms with van der Waals surface area (Å²) in [6.07, 6.45) is -0.457. The lowest BCUT2D eigenvalue weighted by Gasteiger charge is -2.52. The Morgan fingerprint density at radius 1 is 1.21 bits per heavy atom. The Balaban J connectivity index is 2.10. The number of carbonyl (C=O) groups is 1. The van der Waals surface area contributed by atoms with Gasteiger partial charge in [0.1, 0.15) is 24.7 Å². The Bertz CT molecular complexity index is 556. The van der Waals surface area contributed by atoms with Crippen LogP contribution in [0.5, 0.6) is 0 Å². The van der Waals surface area contributed by atoms with Crippen molar-refractivity contribution in [3.8, 4) is 0 Å². The van der Waals surface area contributed by atoms with Crippen LogP contribution in [0.25, 0.3) is 0 Å². The van der Waals surface area contributed by atoms with E-state index in [0.29, 0.717) is 0 Å². The number of hydrogen-bond acceptors (Lipinski definition) is 7. The van der Waals surface area contributed by atoms with E-state index in [1.807, 2.05) is 0 Å². The third kappa shape index (κ3) is 2.40. The van der Waals surface area contributed by atoms with E-state index in [0.717, 1.165) is 6.08 Å². The molecule has 8 heteroatoms. The van der Waals surface area contributed by atoms with Crippen LogP contribution in [0.15, 0.2) is 12.7 Å². The van der Waals surface area contributed by atoms with Gasteiger partial charge in [0.05, 0.1) is 6.61 Å². The highest BCUT2D eigenvalue weighted by Crippen LogP contribution is 2.52. The van der Waals surface area contributed by atoms with E-state index in [4.69, 9.17) is 23.7 Å². The van der Waals surface area contributed by atoms with E-state index in [1.54, 1.807) is 27.7 Å². The number of aliphatic hydroxyl groups is 1. The molecular formula is C16H24O8. The SMILES string of the molecule is C=CC(C(=O)O)C1(O)[C@@H]2OC(C)(C)O[C@@H]2CO[C@]12COC(C)(C)O2. The second-order valence-electron chi connectivity index (χ2n) is 7.33. The van der Waals surface area contributed by atoms with Gasteiger partial charge in [0.25, 0.3) is 0 Å². The second kappa shape index (κ2) is 5.23. The zero-order valence-electron chi connectivity index (χ0n) is 14.3. The third-order valence-corrected chi connectivity index (χ3v) is 4.70. The molecule has 24 heavy (non-hydrogen) atoms. The van der Waals surface area contributed by atoms with Crippen LogP contribution in [0.2, 0.25) is 0 Å². The molecule has 0 aliphatic carbocycles. The van der Waals surface area contributed by atoms with Gasteiger partial charge >= 0.3 is 5.97 Å². The predicted octanol–water partition coefficient (Wildman–Crippen LogP) is 0.634. The quantitative estimate of drug-likeness (QED) is 0.719. The maximum absolute atomic E-state index is 11.8. The molecule has 8 nitrogen and oxygen atoms in total. The molecule has 3 fully saturated rings. The van der Waals surface area contributed by atoms with Crippen molar-refractivity contribution in [2.75, 3.05) is 13.2 Å². The lowest BCUT2D eigenvalue weighted by atomic mass is 9.72. The third-order valence-electron chi connectivity index (χ3n) is 4.70. The van der Waals surface area contributed by atoms with E-state index < -0.39 is 47.1 Å². The lowest BCUT2D eigenvalue weighted by Crippen LogP contribution is -2.74. The molecule has 3 aliphatic rings. The molecule has 0 aromatic carbocycles. The highest BCUT2D eigenvalue weighted by molar-refractivity contribution is 5.74. The molecule has 3 saturated heterocycles. The molecule has 0 saturated carbocycles. The maximum Gasteiger partial charge on any atom is 0.313 e. The van der Waals surface area contributed by atoms with Crippen LogP contribution in [0.3, 0.4) is 0 Å². The lowest BCUT2D eigenvalue weighted by molar-refractivity contribution is -0.373. The topological polar surface area (TPSA) is 104 Å². The molecule has 0 bridgehead atoms.